The molecule has 11 heteroatoms. The number of amides is 1. The van der Waals surface area contributed by atoms with Gasteiger partial charge in [0.15, 0.2) is 5.82 Å². The lowest BCUT2D eigenvalue weighted by Gasteiger charge is -2.38. The summed E-state index contributed by atoms with van der Waals surface area (Å²) in [6, 6.07) is 11.5. The highest BCUT2D eigenvalue weighted by molar-refractivity contribution is 6.33. The Morgan fingerprint density at radius 1 is 1.14 bits per heavy atom. The molecule has 1 atom stereocenters. The molecule has 5 heterocycles. The van der Waals surface area contributed by atoms with Crippen molar-refractivity contribution in [2.24, 2.45) is 0 Å². The van der Waals surface area contributed by atoms with E-state index in [4.69, 9.17) is 16.3 Å². The summed E-state index contributed by atoms with van der Waals surface area (Å²) in [4.78, 5) is 30.3. The second-order valence-corrected chi connectivity index (χ2v) is 9.55. The number of benzene rings is 1. The normalized spacial score (nSPS) is 17.6. The lowest BCUT2D eigenvalue weighted by atomic mass is 10.0. The Bertz CT molecular complexity index is 1470. The number of piperidine rings is 1. The van der Waals surface area contributed by atoms with Gasteiger partial charge in [0.05, 0.1) is 18.2 Å². The van der Waals surface area contributed by atoms with Gasteiger partial charge in [-0.1, -0.05) is 29.8 Å². The number of aromatic nitrogens is 4. The van der Waals surface area contributed by atoms with Crippen LogP contribution in [0.15, 0.2) is 55.1 Å². The molecular weight excluding hydrogens is 494 g/mol. The Labute approximate surface area is 218 Å². The summed E-state index contributed by atoms with van der Waals surface area (Å²) in [6.45, 7) is 1.32. The maximum Gasteiger partial charge on any atom is 0.242 e. The number of anilines is 2. The number of halogens is 1. The number of aliphatic hydroxyl groups excluding tert-OH is 1. The van der Waals surface area contributed by atoms with Crippen LogP contribution in [0.1, 0.15) is 12.8 Å². The highest BCUT2D eigenvalue weighted by atomic mass is 35.5. The molecule has 2 aliphatic rings. The van der Waals surface area contributed by atoms with Gasteiger partial charge in [-0.2, -0.15) is 0 Å². The van der Waals surface area contributed by atoms with Crippen molar-refractivity contribution in [3.05, 3.63) is 60.1 Å². The van der Waals surface area contributed by atoms with Gasteiger partial charge in [-0.25, -0.2) is 15.0 Å². The van der Waals surface area contributed by atoms with Gasteiger partial charge >= 0.3 is 0 Å². The summed E-state index contributed by atoms with van der Waals surface area (Å²) >= 11 is 6.50. The van der Waals surface area contributed by atoms with E-state index in [9.17, 15) is 9.90 Å². The van der Waals surface area contributed by atoms with Crippen LogP contribution in [0, 0.1) is 0 Å². The number of nitrogens with zero attached hydrogens (tertiary/aromatic N) is 6. The van der Waals surface area contributed by atoms with E-state index in [2.05, 4.69) is 20.3 Å². The first-order valence-corrected chi connectivity index (χ1v) is 12.5. The van der Waals surface area contributed by atoms with E-state index in [0.29, 0.717) is 40.8 Å². The molecule has 1 unspecified atom stereocenters. The smallest absolute Gasteiger partial charge is 0.242 e. The molecule has 2 N–H and O–H groups in total. The number of hydrogen-bond acceptors (Lipinski definition) is 8. The Balaban J connectivity index is 1.22. The van der Waals surface area contributed by atoms with Crippen LogP contribution < -0.4 is 15.0 Å². The average molecular weight is 520 g/mol. The Hall–Kier alpha value is -3.89. The van der Waals surface area contributed by atoms with Gasteiger partial charge in [-0.15, -0.1) is 0 Å². The van der Waals surface area contributed by atoms with Crippen molar-refractivity contribution >= 4 is 40.0 Å². The molecule has 190 valence electrons. The molecule has 1 saturated heterocycles. The average Bonchev–Trinajstić information content (AvgIpc) is 3.46. The Morgan fingerprint density at radius 3 is 2.73 bits per heavy atom. The van der Waals surface area contributed by atoms with E-state index in [1.807, 2.05) is 57.0 Å². The molecule has 37 heavy (non-hydrogen) atoms. The zero-order valence-electron chi connectivity index (χ0n) is 20.2. The molecule has 1 amide bonds. The summed E-state index contributed by atoms with van der Waals surface area (Å²) in [5.74, 6) is 1.11. The van der Waals surface area contributed by atoms with Crippen molar-refractivity contribution in [1.29, 1.82) is 0 Å². The predicted octanol–water partition coefficient (Wildman–Crippen LogP) is 3.35. The number of carbonyl (C=O) groups is 1. The van der Waals surface area contributed by atoms with Crippen molar-refractivity contribution in [1.82, 2.24) is 24.4 Å². The zero-order chi connectivity index (χ0) is 25.5. The standard InChI is InChI=1S/C26H26ClN7O3/c1-37-25-22-18(17-5-2-3-6-19(17)27)13-33(24(22)29-15-30-25)14-21(35)32-11-8-16(9-12-32)34-20-7-4-10-28-23(20)31-26(34)36/h2-7,10,13,15-16,26,36H,8-9,11-12,14H2,1H3,(H,28,31). The Morgan fingerprint density at radius 2 is 1.95 bits per heavy atom. The number of hydrogen-bond donors (Lipinski definition) is 2. The minimum Gasteiger partial charge on any atom is -0.480 e. The van der Waals surface area contributed by atoms with E-state index in [0.717, 1.165) is 29.7 Å². The minimum absolute atomic E-state index is 0.000741. The summed E-state index contributed by atoms with van der Waals surface area (Å²) in [6.07, 6.45) is 5.70. The summed E-state index contributed by atoms with van der Waals surface area (Å²) in [5, 5.41) is 14.9. The first-order valence-electron chi connectivity index (χ1n) is 12.1. The highest BCUT2D eigenvalue weighted by Gasteiger charge is 2.36. The van der Waals surface area contributed by atoms with Crippen LogP contribution >= 0.6 is 11.6 Å². The largest absolute Gasteiger partial charge is 0.480 e. The lowest BCUT2D eigenvalue weighted by molar-refractivity contribution is -0.132. The Kier molecular flexibility index (Phi) is 6.05. The molecule has 0 saturated carbocycles. The lowest BCUT2D eigenvalue weighted by Crippen LogP contribution is -2.50. The predicted molar refractivity (Wildman–Crippen MR) is 140 cm³/mol. The molecule has 3 aromatic heterocycles. The monoisotopic (exact) mass is 519 g/mol. The number of nitrogens with one attached hydrogen (secondary N) is 1. The van der Waals surface area contributed by atoms with Crippen LogP contribution in [0.2, 0.25) is 5.02 Å². The van der Waals surface area contributed by atoms with Crippen molar-refractivity contribution in [3.8, 4) is 17.0 Å². The van der Waals surface area contributed by atoms with Crippen LogP contribution in [0.25, 0.3) is 22.2 Å². The first-order chi connectivity index (χ1) is 18.0. The van der Waals surface area contributed by atoms with Crippen LogP contribution in [0.3, 0.4) is 0 Å². The summed E-state index contributed by atoms with van der Waals surface area (Å²) in [7, 11) is 1.56. The molecule has 2 aliphatic heterocycles. The molecule has 1 aromatic carbocycles. The van der Waals surface area contributed by atoms with E-state index in [1.54, 1.807) is 13.3 Å². The summed E-state index contributed by atoms with van der Waals surface area (Å²) in [5.41, 5.74) is 3.13. The summed E-state index contributed by atoms with van der Waals surface area (Å²) < 4.78 is 7.36. The molecule has 0 bridgehead atoms. The molecule has 6 rings (SSSR count). The van der Waals surface area contributed by atoms with Gasteiger partial charge in [-0.05, 0) is 31.0 Å². The van der Waals surface area contributed by atoms with Gasteiger partial charge < -0.3 is 29.5 Å². The second-order valence-electron chi connectivity index (χ2n) is 9.14. The van der Waals surface area contributed by atoms with Gasteiger partial charge in [-0.3, -0.25) is 4.79 Å². The number of likely N-dealkylation sites (tertiary alicyclic amines) is 1. The fraction of sp³-hybridized carbons (Fsp3) is 0.308. The van der Waals surface area contributed by atoms with E-state index in [1.165, 1.54) is 6.33 Å². The molecule has 0 spiro atoms. The third-order valence-electron chi connectivity index (χ3n) is 7.09. The van der Waals surface area contributed by atoms with Crippen LogP contribution in [-0.4, -0.2) is 68.0 Å². The third kappa shape index (κ3) is 4.11. The maximum atomic E-state index is 13.4. The first kappa shape index (κ1) is 23.5. The highest BCUT2D eigenvalue weighted by Crippen LogP contribution is 2.38. The third-order valence-corrected chi connectivity index (χ3v) is 7.42. The van der Waals surface area contributed by atoms with Crippen LogP contribution in [0.5, 0.6) is 5.88 Å². The number of pyridine rings is 1. The number of ether oxygens (including phenoxy) is 1. The molecular formula is C26H26ClN7O3. The zero-order valence-corrected chi connectivity index (χ0v) is 21.0. The topological polar surface area (TPSA) is 109 Å². The van der Waals surface area contributed by atoms with E-state index >= 15 is 0 Å². The van der Waals surface area contributed by atoms with Crippen molar-refractivity contribution in [3.63, 3.8) is 0 Å². The number of carbonyl (C=O) groups excluding carboxylic acids is 1. The number of rotatable bonds is 5. The van der Waals surface area contributed by atoms with Gasteiger partial charge in [0.25, 0.3) is 0 Å². The fourth-order valence-corrected chi connectivity index (χ4v) is 5.57. The van der Waals surface area contributed by atoms with Crippen LogP contribution in [-0.2, 0) is 11.3 Å². The van der Waals surface area contributed by atoms with Crippen molar-refractivity contribution in [2.45, 2.75) is 31.8 Å². The van der Waals surface area contributed by atoms with Crippen LogP contribution in [0.4, 0.5) is 11.5 Å². The minimum atomic E-state index is -0.818. The number of fused-ring (bicyclic) bond motifs is 2. The molecule has 0 radical (unpaired) electrons. The van der Waals surface area contributed by atoms with Gasteiger partial charge in [0.1, 0.15) is 18.5 Å². The van der Waals surface area contributed by atoms with Gasteiger partial charge in [0.2, 0.25) is 18.1 Å². The SMILES string of the molecule is COc1ncnc2c1c(-c1ccccc1Cl)cn2CC(=O)N1CCC(N2c3cccnc3NC2O)CC1. The van der Waals surface area contributed by atoms with E-state index < -0.39 is 6.35 Å². The fourth-order valence-electron chi connectivity index (χ4n) is 5.33. The molecule has 1 fully saturated rings. The molecule has 0 aliphatic carbocycles. The van der Waals surface area contributed by atoms with E-state index in [-0.39, 0.29) is 18.5 Å². The van der Waals surface area contributed by atoms with Crippen molar-refractivity contribution in [2.75, 3.05) is 30.4 Å². The number of aliphatic hydroxyl groups is 1. The second kappa shape index (κ2) is 9.53. The van der Waals surface area contributed by atoms with Crippen molar-refractivity contribution < 1.29 is 14.6 Å². The quantitative estimate of drug-likeness (QED) is 0.413. The maximum absolute atomic E-state index is 13.4. The number of methoxy groups -OCH3 is 1. The van der Waals surface area contributed by atoms with Gasteiger partial charge in [0, 0.05) is 47.7 Å². The molecule has 4 aromatic rings. The molecule has 10 nitrogen and oxygen atoms in total.